The van der Waals surface area contributed by atoms with Crippen molar-refractivity contribution in [1.82, 2.24) is 30.6 Å². The van der Waals surface area contributed by atoms with Gasteiger partial charge in [0, 0.05) is 37.2 Å². The first kappa shape index (κ1) is 22.8. The van der Waals surface area contributed by atoms with Crippen LogP contribution in [0.2, 0.25) is 0 Å². The molecule has 0 atom stereocenters. The number of aliphatic hydroxyl groups excluding tert-OH is 1. The zero-order valence-electron chi connectivity index (χ0n) is 19.1. The van der Waals surface area contributed by atoms with E-state index >= 15 is 0 Å². The largest absolute Gasteiger partial charge is 0.472 e. The second kappa shape index (κ2) is 10.1. The van der Waals surface area contributed by atoms with Crippen molar-refractivity contribution in [3.05, 3.63) is 65.1 Å². The van der Waals surface area contributed by atoms with Crippen LogP contribution in [0.5, 0.6) is 5.88 Å². The Balaban J connectivity index is 1.13. The molecule has 0 radical (unpaired) electrons. The van der Waals surface area contributed by atoms with Gasteiger partial charge in [0.05, 0.1) is 41.4 Å². The Morgan fingerprint density at radius 2 is 1.74 bits per heavy atom. The Kier molecular flexibility index (Phi) is 6.75. The molecule has 1 aliphatic carbocycles. The van der Waals surface area contributed by atoms with Gasteiger partial charge in [-0.2, -0.15) is 0 Å². The van der Waals surface area contributed by atoms with E-state index in [0.717, 1.165) is 49.1 Å². The number of nitrogens with zero attached hydrogens (tertiary/aromatic N) is 4. The van der Waals surface area contributed by atoms with Gasteiger partial charge < -0.3 is 20.5 Å². The van der Waals surface area contributed by atoms with E-state index in [1.54, 1.807) is 12.3 Å². The Bertz CT molecular complexity index is 1200. The highest BCUT2D eigenvalue weighted by molar-refractivity contribution is 5.78. The fraction of sp³-hybridized carbons (Fsp3) is 0.440. The Morgan fingerprint density at radius 3 is 2.50 bits per heavy atom. The Morgan fingerprint density at radius 1 is 1.00 bits per heavy atom. The van der Waals surface area contributed by atoms with Crippen LogP contribution < -0.4 is 15.4 Å². The van der Waals surface area contributed by atoms with Crippen LogP contribution in [0.3, 0.4) is 0 Å². The lowest BCUT2D eigenvalue weighted by atomic mass is 9.91. The van der Waals surface area contributed by atoms with Crippen LogP contribution in [-0.4, -0.2) is 43.7 Å². The monoisotopic (exact) mass is 464 g/mol. The predicted octanol–water partition coefficient (Wildman–Crippen LogP) is 2.73. The number of nitrogens with one attached hydrogen (secondary N) is 2. The van der Waals surface area contributed by atoms with Crippen molar-refractivity contribution < 1.29 is 14.2 Å². The maximum Gasteiger partial charge on any atom is 0.236 e. The summed E-state index contributed by atoms with van der Waals surface area (Å²) in [5, 5.41) is 16.5. The van der Waals surface area contributed by atoms with Gasteiger partial charge in [0.1, 0.15) is 18.1 Å². The van der Waals surface area contributed by atoms with Gasteiger partial charge in [-0.25, -0.2) is 19.3 Å². The third-order valence-electron chi connectivity index (χ3n) is 6.53. The van der Waals surface area contributed by atoms with E-state index in [2.05, 4.69) is 37.1 Å². The van der Waals surface area contributed by atoms with Crippen LogP contribution in [0.1, 0.15) is 48.3 Å². The van der Waals surface area contributed by atoms with Crippen LogP contribution in [0, 0.1) is 5.82 Å². The van der Waals surface area contributed by atoms with Gasteiger partial charge in [-0.15, -0.1) is 0 Å². The molecule has 0 saturated heterocycles. The van der Waals surface area contributed by atoms with Crippen molar-refractivity contribution in [2.75, 3.05) is 6.61 Å². The lowest BCUT2D eigenvalue weighted by molar-refractivity contribution is 0.277. The molecule has 178 valence electrons. The SMILES string of the molecule is C=C1COc2ncc(CNC3CCC(NCc4c(F)ccc5ncc(CO)nc45)CC3)nc2C1. The van der Waals surface area contributed by atoms with E-state index in [4.69, 9.17) is 4.74 Å². The summed E-state index contributed by atoms with van der Waals surface area (Å²) in [7, 11) is 0. The molecule has 3 aromatic rings. The normalized spacial score (nSPS) is 20.2. The fourth-order valence-electron chi connectivity index (χ4n) is 4.62. The molecule has 2 aliphatic rings. The first-order valence-corrected chi connectivity index (χ1v) is 11.7. The van der Waals surface area contributed by atoms with Gasteiger partial charge in [0.25, 0.3) is 0 Å². The summed E-state index contributed by atoms with van der Waals surface area (Å²) in [6.07, 6.45) is 8.08. The number of benzene rings is 1. The second-order valence-corrected chi connectivity index (χ2v) is 9.05. The summed E-state index contributed by atoms with van der Waals surface area (Å²) in [4.78, 5) is 17.8. The van der Waals surface area contributed by atoms with E-state index in [-0.39, 0.29) is 12.4 Å². The molecule has 1 saturated carbocycles. The quantitative estimate of drug-likeness (QED) is 0.459. The molecule has 9 heteroatoms. The lowest BCUT2D eigenvalue weighted by Gasteiger charge is -2.30. The summed E-state index contributed by atoms with van der Waals surface area (Å²) in [6, 6.07) is 3.77. The topological polar surface area (TPSA) is 105 Å². The number of hydrogen-bond donors (Lipinski definition) is 3. The van der Waals surface area contributed by atoms with Crippen molar-refractivity contribution in [3.8, 4) is 5.88 Å². The highest BCUT2D eigenvalue weighted by Gasteiger charge is 2.22. The van der Waals surface area contributed by atoms with Crippen LogP contribution in [0.15, 0.2) is 36.7 Å². The molecule has 5 rings (SSSR count). The molecular weight excluding hydrogens is 435 g/mol. The zero-order valence-corrected chi connectivity index (χ0v) is 19.1. The molecule has 1 fully saturated rings. The number of hydrogen-bond acceptors (Lipinski definition) is 8. The summed E-state index contributed by atoms with van der Waals surface area (Å²) >= 11 is 0. The number of aromatic nitrogens is 4. The highest BCUT2D eigenvalue weighted by Crippen LogP contribution is 2.24. The second-order valence-electron chi connectivity index (χ2n) is 9.05. The first-order valence-electron chi connectivity index (χ1n) is 11.7. The number of aliphatic hydroxyl groups is 1. The standard InChI is InChI=1S/C25H29FN6O2/c1-15-8-23-25(34-14-15)30-10-18(31-23)9-27-16-2-4-17(5-3-16)28-12-20-21(26)6-7-22-24(20)32-19(13-33)11-29-22/h6-7,10-11,16-17,27-28,33H,1-5,8-9,12-14H2. The predicted molar refractivity (Wildman–Crippen MR) is 126 cm³/mol. The van der Waals surface area contributed by atoms with Crippen LogP contribution in [0.25, 0.3) is 11.0 Å². The van der Waals surface area contributed by atoms with Crippen molar-refractivity contribution in [1.29, 1.82) is 0 Å². The molecule has 8 nitrogen and oxygen atoms in total. The van der Waals surface area contributed by atoms with Gasteiger partial charge in [-0.3, -0.25) is 4.98 Å². The number of fused-ring (bicyclic) bond motifs is 2. The number of ether oxygens (including phenoxy) is 1. The third kappa shape index (κ3) is 5.06. The van der Waals surface area contributed by atoms with Gasteiger partial charge in [0.15, 0.2) is 0 Å². The lowest BCUT2D eigenvalue weighted by Crippen LogP contribution is -2.39. The summed E-state index contributed by atoms with van der Waals surface area (Å²) in [6.45, 7) is 5.33. The fourth-order valence-corrected chi connectivity index (χ4v) is 4.62. The third-order valence-corrected chi connectivity index (χ3v) is 6.53. The molecule has 1 aliphatic heterocycles. The molecule has 1 aromatic carbocycles. The molecule has 3 heterocycles. The maximum atomic E-state index is 14.6. The van der Waals surface area contributed by atoms with E-state index in [1.165, 1.54) is 12.3 Å². The molecule has 0 unspecified atom stereocenters. The molecular formula is C25H29FN6O2. The average Bonchev–Trinajstić information content (AvgIpc) is 2.87. The molecule has 0 amide bonds. The van der Waals surface area contributed by atoms with E-state index in [9.17, 15) is 9.50 Å². The van der Waals surface area contributed by atoms with Crippen molar-refractivity contribution in [2.24, 2.45) is 0 Å². The van der Waals surface area contributed by atoms with E-state index < -0.39 is 0 Å². The molecule has 34 heavy (non-hydrogen) atoms. The van der Waals surface area contributed by atoms with Gasteiger partial charge in [-0.05, 0) is 43.4 Å². The van der Waals surface area contributed by atoms with Crippen molar-refractivity contribution in [3.63, 3.8) is 0 Å². The van der Waals surface area contributed by atoms with Crippen LogP contribution in [-0.2, 0) is 26.1 Å². The zero-order chi connectivity index (χ0) is 23.5. The van der Waals surface area contributed by atoms with Crippen LogP contribution >= 0.6 is 0 Å². The van der Waals surface area contributed by atoms with E-state index in [1.807, 2.05) is 0 Å². The van der Waals surface area contributed by atoms with Crippen LogP contribution in [0.4, 0.5) is 4.39 Å². The molecule has 0 spiro atoms. The van der Waals surface area contributed by atoms with Crippen molar-refractivity contribution >= 4 is 11.0 Å². The van der Waals surface area contributed by atoms with Crippen molar-refractivity contribution in [2.45, 2.75) is 63.9 Å². The highest BCUT2D eigenvalue weighted by atomic mass is 19.1. The number of halogens is 1. The summed E-state index contributed by atoms with van der Waals surface area (Å²) < 4.78 is 20.1. The summed E-state index contributed by atoms with van der Waals surface area (Å²) in [5.74, 6) is 0.309. The smallest absolute Gasteiger partial charge is 0.236 e. The van der Waals surface area contributed by atoms with Gasteiger partial charge in [-0.1, -0.05) is 6.58 Å². The summed E-state index contributed by atoms with van der Waals surface area (Å²) in [5.41, 5.74) is 4.86. The Labute approximate surface area is 197 Å². The molecule has 3 N–H and O–H groups in total. The number of rotatable bonds is 7. The minimum Gasteiger partial charge on any atom is -0.472 e. The Hall–Kier alpha value is -3.01. The van der Waals surface area contributed by atoms with Gasteiger partial charge in [0.2, 0.25) is 5.88 Å². The maximum absolute atomic E-state index is 14.6. The average molecular weight is 465 g/mol. The minimum absolute atomic E-state index is 0.219. The first-order chi connectivity index (χ1) is 16.6. The molecule has 0 bridgehead atoms. The minimum atomic E-state index is -0.306. The van der Waals surface area contributed by atoms with Gasteiger partial charge >= 0.3 is 0 Å². The molecule has 2 aromatic heterocycles. The van der Waals surface area contributed by atoms with E-state index in [0.29, 0.717) is 60.0 Å².